The van der Waals surface area contributed by atoms with E-state index in [0.29, 0.717) is 0 Å². The molecule has 0 unspecified atom stereocenters. The van der Waals surface area contributed by atoms with Gasteiger partial charge in [-0.3, -0.25) is 4.90 Å². The fourth-order valence-electron chi connectivity index (χ4n) is 2.74. The fraction of sp³-hybridized carbons (Fsp3) is 0.667. The first-order chi connectivity index (χ1) is 10.3. The van der Waals surface area contributed by atoms with Crippen LogP contribution in [0.5, 0.6) is 5.75 Å². The van der Waals surface area contributed by atoms with E-state index in [1.54, 1.807) is 0 Å². The van der Waals surface area contributed by atoms with Crippen molar-refractivity contribution < 1.29 is 4.74 Å². The summed E-state index contributed by atoms with van der Waals surface area (Å²) in [6.45, 7) is 6.31. The molecule has 1 aromatic rings. The minimum absolute atomic E-state index is 0.771. The highest BCUT2D eigenvalue weighted by molar-refractivity contribution is 5.27. The number of rotatable bonds is 10. The van der Waals surface area contributed by atoms with Crippen molar-refractivity contribution in [3.05, 3.63) is 29.8 Å². The number of ether oxygens (including phenoxy) is 1. The summed E-state index contributed by atoms with van der Waals surface area (Å²) < 4.78 is 5.89. The lowest BCUT2D eigenvalue weighted by Crippen LogP contribution is -2.31. The van der Waals surface area contributed by atoms with Gasteiger partial charge in [0.15, 0.2) is 0 Å². The van der Waals surface area contributed by atoms with Crippen molar-refractivity contribution in [2.75, 3.05) is 19.7 Å². The van der Waals surface area contributed by atoms with E-state index in [2.05, 4.69) is 41.4 Å². The molecule has 2 fully saturated rings. The Labute approximate surface area is 128 Å². The summed E-state index contributed by atoms with van der Waals surface area (Å²) in [5.41, 5.74) is 1.35. The van der Waals surface area contributed by atoms with Gasteiger partial charge in [-0.2, -0.15) is 0 Å². The summed E-state index contributed by atoms with van der Waals surface area (Å²) in [5.74, 6) is 0.998. The van der Waals surface area contributed by atoms with Crippen molar-refractivity contribution in [1.82, 2.24) is 10.2 Å². The standard InChI is InChI=1S/C18H28N2O/c1-2-11-20(17-7-8-17)12-13-21-18-9-3-15(4-10-18)14-19-16-5-6-16/h3-4,9-10,16-17,19H,2,5-8,11-14H2,1H3. The molecule has 0 bridgehead atoms. The monoisotopic (exact) mass is 288 g/mol. The van der Waals surface area contributed by atoms with Gasteiger partial charge in [-0.05, 0) is 56.3 Å². The summed E-state index contributed by atoms with van der Waals surface area (Å²) in [6, 6.07) is 10.2. The molecule has 3 nitrogen and oxygen atoms in total. The normalized spacial score (nSPS) is 18.2. The second-order valence-corrected chi connectivity index (χ2v) is 6.41. The highest BCUT2D eigenvalue weighted by Crippen LogP contribution is 2.26. The minimum atomic E-state index is 0.771. The largest absolute Gasteiger partial charge is 0.492 e. The van der Waals surface area contributed by atoms with Crippen molar-refractivity contribution in [1.29, 1.82) is 0 Å². The molecule has 1 aromatic carbocycles. The van der Waals surface area contributed by atoms with Crippen molar-refractivity contribution >= 4 is 0 Å². The Morgan fingerprint density at radius 3 is 2.48 bits per heavy atom. The first-order valence-electron chi connectivity index (χ1n) is 8.54. The van der Waals surface area contributed by atoms with Gasteiger partial charge in [0.2, 0.25) is 0 Å². The zero-order chi connectivity index (χ0) is 14.5. The maximum absolute atomic E-state index is 5.89. The quantitative estimate of drug-likeness (QED) is 0.715. The molecule has 0 aliphatic heterocycles. The van der Waals surface area contributed by atoms with Crippen LogP contribution in [-0.4, -0.2) is 36.7 Å². The van der Waals surface area contributed by atoms with Crippen molar-refractivity contribution in [3.63, 3.8) is 0 Å². The molecule has 1 N–H and O–H groups in total. The van der Waals surface area contributed by atoms with E-state index in [9.17, 15) is 0 Å². The Morgan fingerprint density at radius 1 is 1.10 bits per heavy atom. The maximum Gasteiger partial charge on any atom is 0.119 e. The number of hydrogen-bond acceptors (Lipinski definition) is 3. The van der Waals surface area contributed by atoms with Crippen LogP contribution in [0, 0.1) is 0 Å². The van der Waals surface area contributed by atoms with Gasteiger partial charge < -0.3 is 10.1 Å². The second-order valence-electron chi connectivity index (χ2n) is 6.41. The minimum Gasteiger partial charge on any atom is -0.492 e. The molecule has 0 atom stereocenters. The van der Waals surface area contributed by atoms with Crippen LogP contribution in [-0.2, 0) is 6.54 Å². The smallest absolute Gasteiger partial charge is 0.119 e. The molecule has 0 spiro atoms. The average molecular weight is 288 g/mol. The highest BCUT2D eigenvalue weighted by Gasteiger charge is 2.27. The summed E-state index contributed by atoms with van der Waals surface area (Å²) in [6.07, 6.45) is 6.68. The molecule has 0 aromatic heterocycles. The van der Waals surface area contributed by atoms with Crippen LogP contribution < -0.4 is 10.1 Å². The van der Waals surface area contributed by atoms with E-state index < -0.39 is 0 Å². The Balaban J connectivity index is 1.37. The van der Waals surface area contributed by atoms with Gasteiger partial charge in [-0.15, -0.1) is 0 Å². The third-order valence-corrected chi connectivity index (χ3v) is 4.32. The van der Waals surface area contributed by atoms with E-state index in [1.807, 2.05) is 0 Å². The molecule has 2 saturated carbocycles. The van der Waals surface area contributed by atoms with Crippen molar-refractivity contribution in [2.45, 2.75) is 57.7 Å². The molecule has 2 aliphatic carbocycles. The molecule has 0 heterocycles. The van der Waals surface area contributed by atoms with Crippen LogP contribution in [0.3, 0.4) is 0 Å². The maximum atomic E-state index is 5.89. The summed E-state index contributed by atoms with van der Waals surface area (Å²) in [5, 5.41) is 3.54. The molecule has 2 aliphatic rings. The lowest BCUT2D eigenvalue weighted by Gasteiger charge is -2.21. The number of hydrogen-bond donors (Lipinski definition) is 1. The molecule has 116 valence electrons. The Kier molecular flexibility index (Phi) is 5.15. The molecule has 21 heavy (non-hydrogen) atoms. The first-order valence-corrected chi connectivity index (χ1v) is 8.54. The fourth-order valence-corrected chi connectivity index (χ4v) is 2.74. The number of nitrogens with zero attached hydrogens (tertiary/aromatic N) is 1. The van der Waals surface area contributed by atoms with Gasteiger partial charge in [-0.1, -0.05) is 19.1 Å². The zero-order valence-electron chi connectivity index (χ0n) is 13.2. The second kappa shape index (κ2) is 7.28. The van der Waals surface area contributed by atoms with Gasteiger partial charge >= 0.3 is 0 Å². The highest BCUT2D eigenvalue weighted by atomic mass is 16.5. The molecule has 0 amide bonds. The van der Waals surface area contributed by atoms with Crippen molar-refractivity contribution in [2.24, 2.45) is 0 Å². The van der Waals surface area contributed by atoms with Gasteiger partial charge in [0, 0.05) is 25.2 Å². The molecule has 0 saturated heterocycles. The average Bonchev–Trinajstić information content (AvgIpc) is 3.39. The number of nitrogens with one attached hydrogen (secondary N) is 1. The van der Waals surface area contributed by atoms with Gasteiger partial charge in [0.05, 0.1) is 0 Å². The zero-order valence-corrected chi connectivity index (χ0v) is 13.2. The predicted molar refractivity (Wildman–Crippen MR) is 86.7 cm³/mol. The van der Waals surface area contributed by atoms with E-state index in [1.165, 1.54) is 44.2 Å². The third-order valence-electron chi connectivity index (χ3n) is 4.32. The van der Waals surface area contributed by atoms with E-state index in [4.69, 9.17) is 4.74 Å². The topological polar surface area (TPSA) is 24.5 Å². The van der Waals surface area contributed by atoms with Crippen LogP contribution in [0.15, 0.2) is 24.3 Å². The van der Waals surface area contributed by atoms with E-state index >= 15 is 0 Å². The van der Waals surface area contributed by atoms with Crippen LogP contribution >= 0.6 is 0 Å². The SMILES string of the molecule is CCCN(CCOc1ccc(CNC2CC2)cc1)C1CC1. The van der Waals surface area contributed by atoms with Crippen LogP contribution in [0.25, 0.3) is 0 Å². The van der Waals surface area contributed by atoms with Gasteiger partial charge in [0.1, 0.15) is 12.4 Å². The molecular weight excluding hydrogens is 260 g/mol. The van der Waals surface area contributed by atoms with E-state index in [-0.39, 0.29) is 0 Å². The Morgan fingerprint density at radius 2 is 1.86 bits per heavy atom. The lowest BCUT2D eigenvalue weighted by atomic mass is 10.2. The summed E-state index contributed by atoms with van der Waals surface area (Å²) in [7, 11) is 0. The molecule has 3 rings (SSSR count). The van der Waals surface area contributed by atoms with Crippen LogP contribution in [0.2, 0.25) is 0 Å². The van der Waals surface area contributed by atoms with E-state index in [0.717, 1.165) is 37.5 Å². The third kappa shape index (κ3) is 5.01. The van der Waals surface area contributed by atoms with Gasteiger partial charge in [-0.25, -0.2) is 0 Å². The van der Waals surface area contributed by atoms with Crippen LogP contribution in [0.1, 0.15) is 44.6 Å². The molecule has 0 radical (unpaired) electrons. The first kappa shape index (κ1) is 14.9. The molecule has 3 heteroatoms. The van der Waals surface area contributed by atoms with Gasteiger partial charge in [0.25, 0.3) is 0 Å². The Hall–Kier alpha value is -1.06. The predicted octanol–water partition coefficient (Wildman–Crippen LogP) is 3.19. The molecular formula is C18H28N2O. The lowest BCUT2D eigenvalue weighted by molar-refractivity contribution is 0.202. The summed E-state index contributed by atoms with van der Waals surface area (Å²) >= 11 is 0. The number of benzene rings is 1. The van der Waals surface area contributed by atoms with Crippen LogP contribution in [0.4, 0.5) is 0 Å². The Bertz CT molecular complexity index is 423. The van der Waals surface area contributed by atoms with Crippen molar-refractivity contribution in [3.8, 4) is 5.75 Å². The summed E-state index contributed by atoms with van der Waals surface area (Å²) in [4.78, 5) is 2.58.